The maximum Gasteiger partial charge on any atom is 0.326 e. The third-order valence-corrected chi connectivity index (χ3v) is 5.95. The molecule has 0 saturated heterocycles. The summed E-state index contributed by atoms with van der Waals surface area (Å²) >= 11 is 3.95. The molecule has 11 nitrogen and oxygen atoms in total. The maximum absolute atomic E-state index is 13.2. The third-order valence-electron chi connectivity index (χ3n) is 5.56. The van der Waals surface area contributed by atoms with Crippen LogP contribution in [0.15, 0.2) is 30.5 Å². The van der Waals surface area contributed by atoms with E-state index in [-0.39, 0.29) is 12.2 Å². The van der Waals surface area contributed by atoms with E-state index in [1.54, 1.807) is 20.0 Å². The summed E-state index contributed by atoms with van der Waals surface area (Å²) in [7, 11) is 0. The number of aromatic amines is 1. The summed E-state index contributed by atoms with van der Waals surface area (Å²) in [5.41, 5.74) is 7.19. The largest absolute Gasteiger partial charge is 0.480 e. The van der Waals surface area contributed by atoms with Gasteiger partial charge in [0.25, 0.3) is 0 Å². The molecule has 8 N–H and O–H groups in total. The van der Waals surface area contributed by atoms with Gasteiger partial charge in [-0.15, -0.1) is 0 Å². The second-order valence-corrected chi connectivity index (χ2v) is 9.07. The van der Waals surface area contributed by atoms with Gasteiger partial charge in [-0.25, -0.2) is 4.79 Å². The molecular weight excluding hydrogens is 474 g/mol. The van der Waals surface area contributed by atoms with E-state index in [1.807, 2.05) is 24.3 Å². The van der Waals surface area contributed by atoms with Crippen LogP contribution in [-0.4, -0.2) is 74.9 Å². The Balaban J connectivity index is 2.32. The summed E-state index contributed by atoms with van der Waals surface area (Å²) < 4.78 is 0. The number of benzene rings is 1. The zero-order valence-corrected chi connectivity index (χ0v) is 20.7. The van der Waals surface area contributed by atoms with E-state index in [4.69, 9.17) is 5.73 Å². The minimum absolute atomic E-state index is 0.0252. The number of H-pyrrole nitrogens is 1. The number of aromatic nitrogens is 1. The molecule has 5 unspecified atom stereocenters. The zero-order valence-electron chi connectivity index (χ0n) is 19.8. The molecule has 2 rings (SSSR count). The van der Waals surface area contributed by atoms with Crippen LogP contribution in [0.3, 0.4) is 0 Å². The van der Waals surface area contributed by atoms with Crippen molar-refractivity contribution in [3.8, 4) is 0 Å². The monoisotopic (exact) mass is 507 g/mol. The molecule has 0 aliphatic carbocycles. The molecule has 0 spiro atoms. The smallest absolute Gasteiger partial charge is 0.326 e. The molecule has 1 aromatic carbocycles. The Morgan fingerprint density at radius 3 is 2.20 bits per heavy atom. The van der Waals surface area contributed by atoms with Crippen molar-refractivity contribution >= 4 is 47.2 Å². The van der Waals surface area contributed by atoms with Gasteiger partial charge in [-0.2, -0.15) is 12.6 Å². The predicted molar refractivity (Wildman–Crippen MR) is 134 cm³/mol. The first-order chi connectivity index (χ1) is 16.5. The number of aliphatic hydroxyl groups is 1. The number of fused-ring (bicyclic) bond motifs is 1. The van der Waals surface area contributed by atoms with Gasteiger partial charge in [0, 0.05) is 29.3 Å². The van der Waals surface area contributed by atoms with Crippen molar-refractivity contribution in [2.24, 2.45) is 11.7 Å². The summed E-state index contributed by atoms with van der Waals surface area (Å²) in [4.78, 5) is 53.1. The number of hydrogen-bond donors (Lipinski definition) is 8. The van der Waals surface area contributed by atoms with Gasteiger partial charge in [-0.1, -0.05) is 32.0 Å². The van der Waals surface area contributed by atoms with Crippen molar-refractivity contribution in [2.45, 2.75) is 57.5 Å². The van der Waals surface area contributed by atoms with Gasteiger partial charge >= 0.3 is 5.97 Å². The molecule has 0 radical (unpaired) electrons. The molecule has 5 atom stereocenters. The number of aliphatic carboxylic acids is 1. The number of aliphatic hydroxyl groups excluding tert-OH is 1. The second kappa shape index (κ2) is 12.6. The fourth-order valence-corrected chi connectivity index (χ4v) is 3.67. The van der Waals surface area contributed by atoms with Gasteiger partial charge in [-0.3, -0.25) is 14.4 Å². The van der Waals surface area contributed by atoms with E-state index in [1.165, 1.54) is 6.92 Å². The molecular formula is C23H33N5O6S. The lowest BCUT2D eigenvalue weighted by Gasteiger charge is -2.27. The normalized spacial score (nSPS) is 15.6. The number of carbonyl (C=O) groups excluding carboxylic acids is 3. The van der Waals surface area contributed by atoms with E-state index in [0.717, 1.165) is 10.9 Å². The van der Waals surface area contributed by atoms with E-state index in [9.17, 15) is 29.4 Å². The maximum atomic E-state index is 13.2. The number of carboxylic acids is 1. The summed E-state index contributed by atoms with van der Waals surface area (Å²) in [5.74, 6) is -3.82. The summed E-state index contributed by atoms with van der Waals surface area (Å²) in [6.07, 6.45) is 0.432. The number of rotatable bonds is 12. The molecule has 192 valence electrons. The van der Waals surface area contributed by atoms with Gasteiger partial charge < -0.3 is 36.9 Å². The van der Waals surface area contributed by atoms with Crippen molar-refractivity contribution in [3.05, 3.63) is 36.0 Å². The number of carbonyl (C=O) groups is 4. The number of carboxylic acid groups (broad SMARTS) is 1. The second-order valence-electron chi connectivity index (χ2n) is 8.71. The van der Waals surface area contributed by atoms with Gasteiger partial charge in [0.2, 0.25) is 17.7 Å². The van der Waals surface area contributed by atoms with Crippen LogP contribution >= 0.6 is 12.6 Å². The predicted octanol–water partition coefficient (Wildman–Crippen LogP) is -0.457. The first-order valence-corrected chi connectivity index (χ1v) is 11.8. The molecule has 0 aliphatic heterocycles. The molecule has 12 heteroatoms. The highest BCUT2D eigenvalue weighted by Gasteiger charge is 2.33. The minimum atomic E-state index is -1.40. The molecule has 35 heavy (non-hydrogen) atoms. The Morgan fingerprint density at radius 2 is 1.63 bits per heavy atom. The van der Waals surface area contributed by atoms with Crippen molar-refractivity contribution in [3.63, 3.8) is 0 Å². The third kappa shape index (κ3) is 7.44. The average molecular weight is 508 g/mol. The van der Waals surface area contributed by atoms with E-state index >= 15 is 0 Å². The topological polar surface area (TPSA) is 187 Å². The summed E-state index contributed by atoms with van der Waals surface area (Å²) in [6, 6.07) is 2.62. The molecule has 1 aromatic heterocycles. The fraction of sp³-hybridized carbons (Fsp3) is 0.478. The number of nitrogens with one attached hydrogen (secondary N) is 4. The van der Waals surface area contributed by atoms with Crippen molar-refractivity contribution in [1.82, 2.24) is 20.9 Å². The quantitative estimate of drug-likeness (QED) is 0.179. The standard InChI is InChI=1S/C23H33N5O6S/c1-11(2)18(23(33)34)27-21(31)17(8-13-9-25-16-7-5-4-6-14(13)16)26-22(32)19(12(3)29)28-20(30)15(24)10-35/h4-7,9,11-12,15,17-19,25,29,35H,8,10,24H2,1-3H3,(H,26,32)(H,27,31)(H,28,30)(H,33,34). The van der Waals surface area contributed by atoms with Gasteiger partial charge in [0.1, 0.15) is 18.1 Å². The first kappa shape index (κ1) is 28.1. The number of para-hydroxylation sites is 1. The van der Waals surface area contributed by atoms with E-state index in [0.29, 0.717) is 5.56 Å². The average Bonchev–Trinajstić information content (AvgIpc) is 3.21. The highest BCUT2D eigenvalue weighted by Crippen LogP contribution is 2.19. The Hall–Kier alpha value is -3.09. The van der Waals surface area contributed by atoms with E-state index in [2.05, 4.69) is 33.6 Å². The van der Waals surface area contributed by atoms with Crippen LogP contribution in [0.4, 0.5) is 0 Å². The van der Waals surface area contributed by atoms with Crippen LogP contribution in [0, 0.1) is 5.92 Å². The number of amides is 3. The highest BCUT2D eigenvalue weighted by molar-refractivity contribution is 7.80. The van der Waals surface area contributed by atoms with Gasteiger partial charge in [0.05, 0.1) is 12.1 Å². The summed E-state index contributed by atoms with van der Waals surface area (Å²) in [5, 5.41) is 27.8. The number of thiol groups is 1. The van der Waals surface area contributed by atoms with Crippen LogP contribution in [0.5, 0.6) is 0 Å². The Labute approximate surface area is 208 Å². The molecule has 0 saturated carbocycles. The Morgan fingerprint density at radius 1 is 1.00 bits per heavy atom. The molecule has 0 fully saturated rings. The minimum Gasteiger partial charge on any atom is -0.480 e. The Kier molecular flexibility index (Phi) is 10.1. The lowest BCUT2D eigenvalue weighted by Crippen LogP contribution is -2.60. The fourth-order valence-electron chi connectivity index (χ4n) is 3.51. The molecule has 0 bridgehead atoms. The van der Waals surface area contributed by atoms with Crippen LogP contribution in [-0.2, 0) is 25.6 Å². The SMILES string of the molecule is CC(C)C(NC(=O)C(Cc1c[nH]c2ccccc12)NC(=O)C(NC(=O)C(N)CS)C(C)O)C(=O)O. The first-order valence-electron chi connectivity index (χ1n) is 11.2. The van der Waals surface area contributed by atoms with Crippen LogP contribution in [0.1, 0.15) is 26.3 Å². The van der Waals surface area contributed by atoms with Crippen LogP contribution < -0.4 is 21.7 Å². The lowest BCUT2D eigenvalue weighted by atomic mass is 10.0. The summed E-state index contributed by atoms with van der Waals surface area (Å²) in [6.45, 7) is 4.61. The van der Waals surface area contributed by atoms with Gasteiger partial charge in [0.15, 0.2) is 0 Å². The van der Waals surface area contributed by atoms with Crippen LogP contribution in [0.2, 0.25) is 0 Å². The lowest BCUT2D eigenvalue weighted by molar-refractivity contribution is -0.143. The molecule has 2 aromatic rings. The van der Waals surface area contributed by atoms with Crippen LogP contribution in [0.25, 0.3) is 10.9 Å². The van der Waals surface area contributed by atoms with Crippen molar-refractivity contribution < 1.29 is 29.4 Å². The molecule has 1 heterocycles. The van der Waals surface area contributed by atoms with Crippen molar-refractivity contribution in [1.29, 1.82) is 0 Å². The van der Waals surface area contributed by atoms with Gasteiger partial charge in [-0.05, 0) is 24.5 Å². The van der Waals surface area contributed by atoms with E-state index < -0.39 is 59.9 Å². The zero-order chi connectivity index (χ0) is 26.3. The number of hydrogen-bond acceptors (Lipinski definition) is 7. The molecule has 0 aliphatic rings. The highest BCUT2D eigenvalue weighted by atomic mass is 32.1. The Bertz CT molecular complexity index is 1060. The number of nitrogens with two attached hydrogens (primary N) is 1. The van der Waals surface area contributed by atoms with Crippen molar-refractivity contribution in [2.75, 3.05) is 5.75 Å². The molecule has 3 amide bonds.